The number of benzene rings is 1. The molecule has 1 aliphatic carbocycles. The summed E-state index contributed by atoms with van der Waals surface area (Å²) in [5.74, 6) is 0. The van der Waals surface area contributed by atoms with E-state index in [0.29, 0.717) is 12.0 Å². The molecule has 1 aromatic carbocycles. The van der Waals surface area contributed by atoms with Crippen LogP contribution < -0.4 is 0 Å². The fourth-order valence-electron chi connectivity index (χ4n) is 2.19. The summed E-state index contributed by atoms with van der Waals surface area (Å²) in [7, 11) is 2.02. The van der Waals surface area contributed by atoms with Gasteiger partial charge in [0.1, 0.15) is 0 Å². The van der Waals surface area contributed by atoms with Crippen molar-refractivity contribution in [2.24, 2.45) is 0 Å². The van der Waals surface area contributed by atoms with Gasteiger partial charge in [-0.2, -0.15) is 5.26 Å². The van der Waals surface area contributed by atoms with Gasteiger partial charge in [-0.05, 0) is 37.6 Å². The summed E-state index contributed by atoms with van der Waals surface area (Å²) in [5.41, 5.74) is 1.72. The molecule has 2 nitrogen and oxygen atoms in total. The van der Waals surface area contributed by atoms with Crippen LogP contribution in [0.15, 0.2) is 28.7 Å². The normalized spacial score (nSPS) is 17.1. The third-order valence-corrected chi connectivity index (χ3v) is 3.75. The summed E-state index contributed by atoms with van der Waals surface area (Å²) < 4.78 is 1.12. The van der Waals surface area contributed by atoms with Crippen molar-refractivity contribution in [2.75, 3.05) is 20.1 Å². The Hall–Kier alpha value is -0.850. The lowest BCUT2D eigenvalue weighted by Crippen LogP contribution is -2.29. The van der Waals surface area contributed by atoms with Crippen molar-refractivity contribution in [1.82, 2.24) is 4.90 Å². The SMILES string of the molecule is CN(CC#N)CC1(c2ccc(Br)cc2)CC1. The van der Waals surface area contributed by atoms with E-state index in [1.807, 2.05) is 7.05 Å². The van der Waals surface area contributed by atoms with E-state index in [0.717, 1.165) is 11.0 Å². The highest BCUT2D eigenvalue weighted by atomic mass is 79.9. The minimum absolute atomic E-state index is 0.312. The van der Waals surface area contributed by atoms with Crippen LogP contribution in [0.25, 0.3) is 0 Å². The van der Waals surface area contributed by atoms with Crippen LogP contribution >= 0.6 is 15.9 Å². The van der Waals surface area contributed by atoms with E-state index < -0.39 is 0 Å². The molecule has 1 aliphatic rings. The van der Waals surface area contributed by atoms with E-state index in [2.05, 4.69) is 51.2 Å². The second kappa shape index (κ2) is 4.57. The predicted octanol–water partition coefficient (Wildman–Crippen LogP) is 2.94. The number of likely N-dealkylation sites (N-methyl/N-ethyl adjacent to an activating group) is 1. The van der Waals surface area contributed by atoms with Crippen LogP contribution in [0.3, 0.4) is 0 Å². The topological polar surface area (TPSA) is 27.0 Å². The summed E-state index contributed by atoms with van der Waals surface area (Å²) in [5, 5.41) is 8.66. The summed E-state index contributed by atoms with van der Waals surface area (Å²) in [6.07, 6.45) is 2.48. The third-order valence-electron chi connectivity index (χ3n) is 3.22. The molecule has 0 bridgehead atoms. The Balaban J connectivity index is 2.08. The summed E-state index contributed by atoms with van der Waals surface area (Å²) >= 11 is 3.45. The number of rotatable bonds is 4. The third kappa shape index (κ3) is 2.45. The summed E-state index contributed by atoms with van der Waals surface area (Å²) in [4.78, 5) is 2.11. The van der Waals surface area contributed by atoms with E-state index in [1.54, 1.807) is 0 Å². The van der Waals surface area contributed by atoms with Crippen LogP contribution in [0.4, 0.5) is 0 Å². The number of nitrogens with zero attached hydrogens (tertiary/aromatic N) is 2. The molecule has 0 spiro atoms. The second-order valence-corrected chi connectivity index (χ2v) is 5.53. The highest BCUT2D eigenvalue weighted by Crippen LogP contribution is 2.48. The Morgan fingerprint density at radius 1 is 1.38 bits per heavy atom. The van der Waals surface area contributed by atoms with Gasteiger partial charge in [-0.3, -0.25) is 4.90 Å². The first kappa shape index (κ1) is 11.6. The molecule has 3 heteroatoms. The quantitative estimate of drug-likeness (QED) is 0.792. The van der Waals surface area contributed by atoms with Crippen LogP contribution in [-0.4, -0.2) is 25.0 Å². The lowest BCUT2D eigenvalue weighted by Gasteiger charge is -2.22. The molecule has 0 saturated heterocycles. The molecule has 0 amide bonds. The number of nitriles is 1. The van der Waals surface area contributed by atoms with Crippen molar-refractivity contribution in [3.05, 3.63) is 34.3 Å². The highest BCUT2D eigenvalue weighted by Gasteiger charge is 2.44. The molecular weight excluding hydrogens is 264 g/mol. The molecular formula is C13H15BrN2. The summed E-state index contributed by atoms with van der Waals surface area (Å²) in [6.45, 7) is 1.50. The molecule has 0 N–H and O–H groups in total. The van der Waals surface area contributed by atoms with Crippen molar-refractivity contribution in [1.29, 1.82) is 5.26 Å². The van der Waals surface area contributed by atoms with Gasteiger partial charge >= 0.3 is 0 Å². The average molecular weight is 279 g/mol. The zero-order valence-corrected chi connectivity index (χ0v) is 11.0. The molecule has 84 valence electrons. The summed E-state index contributed by atoms with van der Waals surface area (Å²) in [6, 6.07) is 10.8. The molecule has 0 atom stereocenters. The van der Waals surface area contributed by atoms with Crippen LogP contribution in [-0.2, 0) is 5.41 Å². The zero-order valence-electron chi connectivity index (χ0n) is 9.41. The Labute approximate surface area is 105 Å². The van der Waals surface area contributed by atoms with E-state index in [1.165, 1.54) is 18.4 Å². The zero-order chi connectivity index (χ0) is 11.6. The van der Waals surface area contributed by atoms with Gasteiger partial charge in [0, 0.05) is 16.4 Å². The second-order valence-electron chi connectivity index (χ2n) is 4.62. The van der Waals surface area contributed by atoms with Gasteiger partial charge in [0.05, 0.1) is 12.6 Å². The van der Waals surface area contributed by atoms with Crippen LogP contribution in [0.1, 0.15) is 18.4 Å². The first-order chi connectivity index (χ1) is 7.66. The maximum atomic E-state index is 8.66. The van der Waals surface area contributed by atoms with Crippen molar-refractivity contribution in [3.8, 4) is 6.07 Å². The molecule has 0 radical (unpaired) electrons. The van der Waals surface area contributed by atoms with Gasteiger partial charge in [0.15, 0.2) is 0 Å². The molecule has 1 aromatic rings. The molecule has 0 heterocycles. The fourth-order valence-corrected chi connectivity index (χ4v) is 2.45. The van der Waals surface area contributed by atoms with E-state index in [9.17, 15) is 0 Å². The van der Waals surface area contributed by atoms with Gasteiger partial charge in [0.2, 0.25) is 0 Å². The van der Waals surface area contributed by atoms with Crippen molar-refractivity contribution >= 4 is 15.9 Å². The first-order valence-electron chi connectivity index (χ1n) is 5.48. The molecule has 1 fully saturated rings. The predicted molar refractivity (Wildman–Crippen MR) is 68.2 cm³/mol. The molecule has 1 saturated carbocycles. The molecule has 0 unspecified atom stereocenters. The van der Waals surface area contributed by atoms with Crippen molar-refractivity contribution < 1.29 is 0 Å². The van der Waals surface area contributed by atoms with E-state index in [-0.39, 0.29) is 0 Å². The molecule has 0 aromatic heterocycles. The lowest BCUT2D eigenvalue weighted by atomic mass is 9.95. The average Bonchev–Trinajstić information content (AvgIpc) is 3.00. The van der Waals surface area contributed by atoms with Crippen LogP contribution in [0, 0.1) is 11.3 Å². The lowest BCUT2D eigenvalue weighted by molar-refractivity contribution is 0.335. The standard InChI is InChI=1S/C13H15BrN2/c1-16(9-8-15)10-13(6-7-13)11-2-4-12(14)5-3-11/h2-5H,6-7,9-10H2,1H3. The fraction of sp³-hybridized carbons (Fsp3) is 0.462. The molecule has 2 rings (SSSR count). The largest absolute Gasteiger partial charge is 0.293 e. The minimum Gasteiger partial charge on any atom is -0.293 e. The van der Waals surface area contributed by atoms with Gasteiger partial charge in [0.25, 0.3) is 0 Å². The van der Waals surface area contributed by atoms with Crippen molar-refractivity contribution in [2.45, 2.75) is 18.3 Å². The van der Waals surface area contributed by atoms with Gasteiger partial charge in [-0.15, -0.1) is 0 Å². The first-order valence-corrected chi connectivity index (χ1v) is 6.27. The van der Waals surface area contributed by atoms with E-state index >= 15 is 0 Å². The van der Waals surface area contributed by atoms with Gasteiger partial charge in [-0.25, -0.2) is 0 Å². The van der Waals surface area contributed by atoms with Crippen LogP contribution in [0.2, 0.25) is 0 Å². The van der Waals surface area contributed by atoms with Gasteiger partial charge in [-0.1, -0.05) is 28.1 Å². The number of hydrogen-bond acceptors (Lipinski definition) is 2. The minimum atomic E-state index is 0.312. The van der Waals surface area contributed by atoms with Gasteiger partial charge < -0.3 is 0 Å². The number of halogens is 1. The Morgan fingerprint density at radius 3 is 2.50 bits per heavy atom. The Kier molecular flexibility index (Phi) is 3.32. The maximum absolute atomic E-state index is 8.66. The molecule has 0 aliphatic heterocycles. The van der Waals surface area contributed by atoms with Crippen LogP contribution in [0.5, 0.6) is 0 Å². The molecule has 16 heavy (non-hydrogen) atoms. The van der Waals surface area contributed by atoms with E-state index in [4.69, 9.17) is 5.26 Å². The number of hydrogen-bond donors (Lipinski definition) is 0. The smallest absolute Gasteiger partial charge is 0.0863 e. The van der Waals surface area contributed by atoms with Crippen molar-refractivity contribution in [3.63, 3.8) is 0 Å². The Bertz CT molecular complexity index is 401. The highest BCUT2D eigenvalue weighted by molar-refractivity contribution is 9.10. The maximum Gasteiger partial charge on any atom is 0.0863 e. The Morgan fingerprint density at radius 2 is 2.00 bits per heavy atom. The monoisotopic (exact) mass is 278 g/mol.